The highest BCUT2D eigenvalue weighted by atomic mass is 16.5. The predicted molar refractivity (Wildman–Crippen MR) is 99.6 cm³/mol. The standard InChI is InChI=1S/C20H26N2O4/c1-13-14(2)21(10-11-26-3)17-8-7-15(12-16(13)17)19(23)22-9-5-4-6-18(22)20(24)25/h7-8,12,18H,4-6,9-11H2,1-3H3,(H,24,25). The summed E-state index contributed by atoms with van der Waals surface area (Å²) in [5.74, 6) is -1.11. The second-order valence-electron chi connectivity index (χ2n) is 6.94. The van der Waals surface area contributed by atoms with Gasteiger partial charge >= 0.3 is 5.97 Å². The summed E-state index contributed by atoms with van der Waals surface area (Å²) in [4.78, 5) is 26.0. The summed E-state index contributed by atoms with van der Waals surface area (Å²) >= 11 is 0. The van der Waals surface area contributed by atoms with E-state index in [0.717, 1.165) is 41.5 Å². The summed E-state index contributed by atoms with van der Waals surface area (Å²) in [5.41, 5.74) is 3.92. The highest BCUT2D eigenvalue weighted by Gasteiger charge is 2.32. The van der Waals surface area contributed by atoms with Crippen molar-refractivity contribution in [2.75, 3.05) is 20.3 Å². The van der Waals surface area contributed by atoms with Gasteiger partial charge < -0.3 is 19.3 Å². The van der Waals surface area contributed by atoms with E-state index < -0.39 is 12.0 Å². The summed E-state index contributed by atoms with van der Waals surface area (Å²) in [5, 5.41) is 10.5. The van der Waals surface area contributed by atoms with Crippen LogP contribution in [0, 0.1) is 13.8 Å². The molecule has 0 bridgehead atoms. The molecule has 0 radical (unpaired) electrons. The van der Waals surface area contributed by atoms with Gasteiger partial charge in [-0.3, -0.25) is 4.79 Å². The lowest BCUT2D eigenvalue weighted by Gasteiger charge is -2.33. The summed E-state index contributed by atoms with van der Waals surface area (Å²) in [6, 6.07) is 4.94. The van der Waals surface area contributed by atoms with Crippen LogP contribution in [0.5, 0.6) is 0 Å². The van der Waals surface area contributed by atoms with E-state index in [1.54, 1.807) is 13.2 Å². The van der Waals surface area contributed by atoms with Gasteiger partial charge in [0.2, 0.25) is 0 Å². The lowest BCUT2D eigenvalue weighted by atomic mass is 10.00. The van der Waals surface area contributed by atoms with Crippen LogP contribution in [0.4, 0.5) is 0 Å². The number of aryl methyl sites for hydroxylation is 1. The number of hydrogen-bond acceptors (Lipinski definition) is 3. The number of benzene rings is 1. The number of aromatic nitrogens is 1. The Labute approximate surface area is 153 Å². The molecule has 6 heteroatoms. The Kier molecular flexibility index (Phi) is 5.32. The smallest absolute Gasteiger partial charge is 0.326 e. The van der Waals surface area contributed by atoms with Crippen molar-refractivity contribution >= 4 is 22.8 Å². The van der Waals surface area contributed by atoms with Gasteiger partial charge in [-0.25, -0.2) is 4.79 Å². The average molecular weight is 358 g/mol. The van der Waals surface area contributed by atoms with E-state index in [2.05, 4.69) is 18.4 Å². The topological polar surface area (TPSA) is 71.8 Å². The molecule has 1 fully saturated rings. The molecule has 140 valence electrons. The quantitative estimate of drug-likeness (QED) is 0.892. The average Bonchev–Trinajstić information content (AvgIpc) is 2.89. The summed E-state index contributed by atoms with van der Waals surface area (Å²) in [7, 11) is 1.68. The van der Waals surface area contributed by atoms with Crippen LogP contribution in [0.1, 0.15) is 40.9 Å². The number of carboxylic acids is 1. The van der Waals surface area contributed by atoms with Crippen molar-refractivity contribution in [1.29, 1.82) is 0 Å². The van der Waals surface area contributed by atoms with Gasteiger partial charge in [0, 0.05) is 42.4 Å². The third-order valence-electron chi connectivity index (χ3n) is 5.45. The zero-order valence-electron chi connectivity index (χ0n) is 15.6. The largest absolute Gasteiger partial charge is 0.480 e. The van der Waals surface area contributed by atoms with Gasteiger partial charge in [0.15, 0.2) is 0 Å². The number of carbonyl (C=O) groups excluding carboxylic acids is 1. The lowest BCUT2D eigenvalue weighted by Crippen LogP contribution is -2.47. The van der Waals surface area contributed by atoms with Crippen molar-refractivity contribution in [2.24, 2.45) is 0 Å². The van der Waals surface area contributed by atoms with E-state index in [1.165, 1.54) is 4.90 Å². The summed E-state index contributed by atoms with van der Waals surface area (Å²) < 4.78 is 7.40. The van der Waals surface area contributed by atoms with Crippen LogP contribution in [0.3, 0.4) is 0 Å². The number of hydrogen-bond donors (Lipinski definition) is 1. The number of amides is 1. The van der Waals surface area contributed by atoms with Crippen LogP contribution < -0.4 is 0 Å². The molecule has 0 spiro atoms. The Morgan fingerprint density at radius 1 is 1.27 bits per heavy atom. The number of nitrogens with zero attached hydrogens (tertiary/aromatic N) is 2. The second kappa shape index (κ2) is 7.50. The van der Waals surface area contributed by atoms with Crippen LogP contribution in [-0.4, -0.2) is 52.8 Å². The molecule has 0 aliphatic carbocycles. The summed E-state index contributed by atoms with van der Waals surface area (Å²) in [6.07, 6.45) is 2.22. The Hall–Kier alpha value is -2.34. The van der Waals surface area contributed by atoms with Gasteiger partial charge in [-0.2, -0.15) is 0 Å². The fourth-order valence-corrected chi connectivity index (χ4v) is 3.85. The molecule has 0 saturated carbocycles. The minimum atomic E-state index is -0.920. The Morgan fingerprint density at radius 3 is 2.73 bits per heavy atom. The fraction of sp³-hybridized carbons (Fsp3) is 0.500. The van der Waals surface area contributed by atoms with Gasteiger partial charge in [0.1, 0.15) is 6.04 Å². The predicted octanol–water partition coefficient (Wildman–Crippen LogP) is 2.98. The zero-order valence-corrected chi connectivity index (χ0v) is 15.6. The van der Waals surface area contributed by atoms with Gasteiger partial charge in [0.05, 0.1) is 6.61 Å². The molecule has 1 aliphatic heterocycles. The number of ether oxygens (including phenoxy) is 1. The molecule has 2 aromatic rings. The third kappa shape index (κ3) is 3.21. The Bertz CT molecular complexity index is 840. The molecule has 1 aromatic heterocycles. The fourth-order valence-electron chi connectivity index (χ4n) is 3.85. The van der Waals surface area contributed by atoms with Gasteiger partial charge in [-0.05, 0) is 56.9 Å². The number of carboxylic acid groups (broad SMARTS) is 1. The number of carbonyl (C=O) groups is 2. The molecule has 1 amide bonds. The SMILES string of the molecule is COCCn1c(C)c(C)c2cc(C(=O)N3CCCCC3C(=O)O)ccc21. The zero-order chi connectivity index (χ0) is 18.8. The first-order valence-electron chi connectivity index (χ1n) is 9.08. The third-order valence-corrected chi connectivity index (χ3v) is 5.45. The lowest BCUT2D eigenvalue weighted by molar-refractivity contribution is -0.143. The minimum absolute atomic E-state index is 0.194. The highest BCUT2D eigenvalue weighted by Crippen LogP contribution is 2.28. The van der Waals surface area contributed by atoms with E-state index in [1.807, 2.05) is 12.1 Å². The molecule has 1 atom stereocenters. The van der Waals surface area contributed by atoms with Gasteiger partial charge in [-0.1, -0.05) is 0 Å². The molecular formula is C20H26N2O4. The molecule has 1 saturated heterocycles. The van der Waals surface area contributed by atoms with E-state index >= 15 is 0 Å². The summed E-state index contributed by atoms with van der Waals surface area (Å²) in [6.45, 7) is 6.00. The van der Waals surface area contributed by atoms with Crippen molar-refractivity contribution in [1.82, 2.24) is 9.47 Å². The number of rotatable bonds is 5. The van der Waals surface area contributed by atoms with Crippen LogP contribution in [-0.2, 0) is 16.1 Å². The normalized spacial score (nSPS) is 17.7. The minimum Gasteiger partial charge on any atom is -0.480 e. The van der Waals surface area contributed by atoms with E-state index in [4.69, 9.17) is 4.74 Å². The second-order valence-corrected chi connectivity index (χ2v) is 6.94. The Morgan fingerprint density at radius 2 is 2.04 bits per heavy atom. The van der Waals surface area contributed by atoms with E-state index in [9.17, 15) is 14.7 Å². The molecule has 1 aliphatic rings. The van der Waals surface area contributed by atoms with Crippen LogP contribution >= 0.6 is 0 Å². The van der Waals surface area contributed by atoms with Crippen molar-refractivity contribution < 1.29 is 19.4 Å². The molecule has 26 heavy (non-hydrogen) atoms. The van der Waals surface area contributed by atoms with Crippen molar-refractivity contribution in [3.63, 3.8) is 0 Å². The number of likely N-dealkylation sites (tertiary alicyclic amines) is 1. The molecule has 1 aromatic carbocycles. The number of methoxy groups -OCH3 is 1. The first kappa shape index (κ1) is 18.5. The number of aliphatic carboxylic acids is 1. The van der Waals surface area contributed by atoms with Crippen LogP contribution in [0.2, 0.25) is 0 Å². The van der Waals surface area contributed by atoms with E-state index in [-0.39, 0.29) is 5.91 Å². The molecule has 3 rings (SSSR count). The molecule has 1 unspecified atom stereocenters. The maximum absolute atomic E-state index is 13.0. The number of piperidine rings is 1. The van der Waals surface area contributed by atoms with Gasteiger partial charge in [0.25, 0.3) is 5.91 Å². The molecule has 6 nitrogen and oxygen atoms in total. The first-order valence-corrected chi connectivity index (χ1v) is 9.08. The van der Waals surface area contributed by atoms with Crippen molar-refractivity contribution in [3.05, 3.63) is 35.0 Å². The Balaban J connectivity index is 1.97. The maximum Gasteiger partial charge on any atom is 0.326 e. The molecular weight excluding hydrogens is 332 g/mol. The van der Waals surface area contributed by atoms with E-state index in [0.29, 0.717) is 25.1 Å². The van der Waals surface area contributed by atoms with Crippen molar-refractivity contribution in [3.8, 4) is 0 Å². The first-order chi connectivity index (χ1) is 12.5. The maximum atomic E-state index is 13.0. The van der Waals surface area contributed by atoms with Gasteiger partial charge in [-0.15, -0.1) is 0 Å². The van der Waals surface area contributed by atoms with Crippen LogP contribution in [0.15, 0.2) is 18.2 Å². The van der Waals surface area contributed by atoms with Crippen molar-refractivity contribution in [2.45, 2.75) is 45.7 Å². The van der Waals surface area contributed by atoms with Crippen LogP contribution in [0.25, 0.3) is 10.9 Å². The number of fused-ring (bicyclic) bond motifs is 1. The molecule has 1 N–H and O–H groups in total. The monoisotopic (exact) mass is 358 g/mol. The molecule has 2 heterocycles. The highest BCUT2D eigenvalue weighted by molar-refractivity contribution is 6.00.